The van der Waals surface area contributed by atoms with Crippen molar-refractivity contribution in [3.8, 4) is 0 Å². The Bertz CT molecular complexity index is 1910. The van der Waals surface area contributed by atoms with Gasteiger partial charge < -0.3 is 155 Å². The average molecular weight is 1110 g/mol. The standard InChI is InChI=1S/C44H74N2O30/c1-10-19(45-14-3-12(5-47)20(52)24(56)21(14)53)23(55)32(64)42(68-10)74-37-16(7-49)70-40(30(62)26(37)58)46-15-4-13(6-48)36(25(57)22(15)54)73-35-11(2)69-43(33(65)28(35)60)75-39-18(9-51)72-44(34(66)29(39)61)76-38-17(8-50)71-41(67)31(63)27(38)59/h3-4,10-11,14-67H,5-9H2,1-2H3/t10-,11-,14-,15-,16-,17-,18-,19-,20-,21+,22+,23+,24+,25-,26-,27-,28-,29-,30-,31-,32-,33-,34-,35-,36-,37-,38-,39-,40+,41+,42-,43-,44-/m1/s1. The van der Waals surface area contributed by atoms with Gasteiger partial charge in [-0.25, -0.2) is 0 Å². The van der Waals surface area contributed by atoms with Crippen molar-refractivity contribution in [3.05, 3.63) is 23.3 Å². The van der Waals surface area contributed by atoms with Crippen LogP contribution in [0.25, 0.3) is 0 Å². The summed E-state index contributed by atoms with van der Waals surface area (Å²) < 4.78 is 51.0. The van der Waals surface area contributed by atoms with Gasteiger partial charge >= 0.3 is 0 Å². The second kappa shape index (κ2) is 26.0. The van der Waals surface area contributed by atoms with Gasteiger partial charge in [-0.15, -0.1) is 0 Å². The van der Waals surface area contributed by atoms with Gasteiger partial charge in [0.2, 0.25) is 0 Å². The van der Waals surface area contributed by atoms with E-state index in [-0.39, 0.29) is 11.1 Å². The number of aliphatic hydroxyl groups is 21. The molecular weight excluding hydrogens is 1040 g/mol. The molecule has 33 atom stereocenters. The summed E-state index contributed by atoms with van der Waals surface area (Å²) in [5.74, 6) is 0. The first-order valence-electron chi connectivity index (χ1n) is 24.7. The Balaban J connectivity index is 0.950. The third kappa shape index (κ3) is 12.3. The lowest BCUT2D eigenvalue weighted by Crippen LogP contribution is -2.69. The largest absolute Gasteiger partial charge is 0.394 e. The van der Waals surface area contributed by atoms with Gasteiger partial charge in [-0.1, -0.05) is 12.2 Å². The predicted molar refractivity (Wildman–Crippen MR) is 239 cm³/mol. The smallest absolute Gasteiger partial charge is 0.187 e. The monoisotopic (exact) mass is 1110 g/mol. The second-order valence-electron chi connectivity index (χ2n) is 20.0. The number of aliphatic hydroxyl groups excluding tert-OH is 21. The van der Waals surface area contributed by atoms with Crippen LogP contribution in [-0.2, 0) is 42.6 Å². The lowest BCUT2D eigenvalue weighted by molar-refractivity contribution is -0.378. The minimum Gasteiger partial charge on any atom is -0.394 e. The van der Waals surface area contributed by atoms with Gasteiger partial charge in [-0.3, -0.25) is 5.32 Å². The number of rotatable bonds is 17. The number of ether oxygens (including phenoxy) is 9. The molecule has 7 aliphatic rings. The fourth-order valence-corrected chi connectivity index (χ4v) is 10.5. The highest BCUT2D eigenvalue weighted by molar-refractivity contribution is 5.24. The Morgan fingerprint density at radius 3 is 1.38 bits per heavy atom. The predicted octanol–water partition coefficient (Wildman–Crippen LogP) is -13.9. The van der Waals surface area contributed by atoms with Crippen LogP contribution in [0.5, 0.6) is 0 Å². The van der Waals surface area contributed by atoms with Crippen LogP contribution in [0.1, 0.15) is 13.8 Å². The van der Waals surface area contributed by atoms with E-state index in [0.717, 1.165) is 0 Å². The third-order valence-electron chi connectivity index (χ3n) is 15.0. The highest BCUT2D eigenvalue weighted by Gasteiger charge is 2.56. The fourth-order valence-electron chi connectivity index (χ4n) is 10.5. The molecule has 76 heavy (non-hydrogen) atoms. The van der Waals surface area contributed by atoms with Gasteiger partial charge in [0, 0.05) is 0 Å². The molecule has 5 aliphatic heterocycles. The van der Waals surface area contributed by atoms with E-state index < -0.39 is 235 Å². The molecule has 0 bridgehead atoms. The van der Waals surface area contributed by atoms with Crippen molar-refractivity contribution in [1.82, 2.24) is 10.6 Å². The molecule has 0 aromatic heterocycles. The van der Waals surface area contributed by atoms with Crippen molar-refractivity contribution in [2.45, 2.75) is 216 Å². The van der Waals surface area contributed by atoms with Crippen molar-refractivity contribution in [3.63, 3.8) is 0 Å². The van der Waals surface area contributed by atoms with E-state index in [1.54, 1.807) is 0 Å². The van der Waals surface area contributed by atoms with Crippen LogP contribution < -0.4 is 10.6 Å². The second-order valence-corrected chi connectivity index (χ2v) is 20.0. The van der Waals surface area contributed by atoms with Gasteiger partial charge in [0.05, 0.1) is 63.4 Å². The van der Waals surface area contributed by atoms with Crippen LogP contribution in [0, 0.1) is 0 Å². The first-order valence-corrected chi connectivity index (χ1v) is 24.7. The van der Waals surface area contributed by atoms with E-state index in [2.05, 4.69) is 10.6 Å². The molecule has 0 unspecified atom stereocenters. The van der Waals surface area contributed by atoms with Crippen LogP contribution in [0.4, 0.5) is 0 Å². The van der Waals surface area contributed by atoms with Gasteiger partial charge in [-0.2, -0.15) is 0 Å². The molecule has 0 saturated carbocycles. The molecule has 7 rings (SSSR count). The van der Waals surface area contributed by atoms with Crippen LogP contribution >= 0.6 is 0 Å². The summed E-state index contributed by atoms with van der Waals surface area (Å²) in [6.45, 7) is -1.39. The van der Waals surface area contributed by atoms with E-state index in [4.69, 9.17) is 42.6 Å². The van der Waals surface area contributed by atoms with Gasteiger partial charge in [0.15, 0.2) is 25.2 Å². The molecule has 5 saturated heterocycles. The lowest BCUT2D eigenvalue weighted by atomic mass is 9.86. The minimum absolute atomic E-state index is 0.0165. The summed E-state index contributed by atoms with van der Waals surface area (Å²) in [5.41, 5.74) is -0.145. The summed E-state index contributed by atoms with van der Waals surface area (Å²) in [6, 6.07) is -3.71. The molecule has 0 aromatic rings. The van der Waals surface area contributed by atoms with E-state index in [1.807, 2.05) is 0 Å². The quantitative estimate of drug-likeness (QED) is 0.0601. The zero-order valence-electron chi connectivity index (χ0n) is 40.8. The maximum Gasteiger partial charge on any atom is 0.187 e. The first kappa shape index (κ1) is 61.8. The van der Waals surface area contributed by atoms with E-state index >= 15 is 0 Å². The zero-order valence-corrected chi connectivity index (χ0v) is 40.8. The van der Waals surface area contributed by atoms with Crippen LogP contribution in [0.3, 0.4) is 0 Å². The Morgan fingerprint density at radius 1 is 0.395 bits per heavy atom. The topological polar surface area (TPSA) is 532 Å². The third-order valence-corrected chi connectivity index (χ3v) is 15.0. The maximum absolute atomic E-state index is 11.4. The Morgan fingerprint density at radius 2 is 0.829 bits per heavy atom. The SMILES string of the molecule is C[C@H]1O[C@H](O[C@H]2[C@H](O)[C@@H](O)[C@@H](N[C@@H]3C=C(CO)[C@@H](O[C@H]4[C@H](O)[C@@H](O)[C@@H](O[C@H]5[C@H](O)[C@@H](O)[C@@H](O[C@H]6[C@H](O)[C@@H](O)[C@@H](O)O[C@@H]6CO)O[C@@H]5CO)O[C@@H]4C)[C@H](O)[C@H]3O)O[C@@H]2CO)[C@H](O)[C@@H](O)[C@@H]1N[C@@H]1C=C(CO)[C@@H](O)[C@H](O)[C@H]1O. The normalized spacial score (nSPS) is 52.5. The van der Waals surface area contributed by atoms with Crippen LogP contribution in [0.15, 0.2) is 23.3 Å². The molecule has 0 aromatic carbocycles. The van der Waals surface area contributed by atoms with E-state index in [1.165, 1.54) is 26.0 Å². The summed E-state index contributed by atoms with van der Waals surface area (Å²) in [6.07, 6.45) is -49.7. The van der Waals surface area contributed by atoms with Gasteiger partial charge in [0.1, 0.15) is 147 Å². The van der Waals surface area contributed by atoms with Crippen molar-refractivity contribution < 1.29 is 150 Å². The van der Waals surface area contributed by atoms with Crippen molar-refractivity contribution in [1.29, 1.82) is 0 Å². The van der Waals surface area contributed by atoms with Crippen LogP contribution in [-0.4, -0.2) is 342 Å². The van der Waals surface area contributed by atoms with E-state index in [0.29, 0.717) is 0 Å². The Labute approximate surface area is 432 Å². The molecule has 0 radical (unpaired) electrons. The molecule has 23 N–H and O–H groups in total. The lowest BCUT2D eigenvalue weighted by Gasteiger charge is -2.49. The fraction of sp³-hybridized carbons (Fsp3) is 0.909. The molecule has 0 spiro atoms. The van der Waals surface area contributed by atoms with E-state index in [9.17, 15) is 107 Å². The highest BCUT2D eigenvalue weighted by atomic mass is 16.8. The molecule has 0 amide bonds. The van der Waals surface area contributed by atoms with Gasteiger partial charge in [0.25, 0.3) is 0 Å². The molecule has 32 heteroatoms. The van der Waals surface area contributed by atoms with Crippen molar-refractivity contribution in [2.75, 3.05) is 33.0 Å². The molecule has 440 valence electrons. The molecule has 32 nitrogen and oxygen atoms in total. The van der Waals surface area contributed by atoms with Crippen LogP contribution in [0.2, 0.25) is 0 Å². The first-order chi connectivity index (χ1) is 35.9. The van der Waals surface area contributed by atoms with Crippen molar-refractivity contribution in [2.24, 2.45) is 0 Å². The molecule has 2 aliphatic carbocycles. The average Bonchev–Trinajstić information content (AvgIpc) is 3.40. The summed E-state index contributed by atoms with van der Waals surface area (Å²) in [7, 11) is 0. The zero-order chi connectivity index (χ0) is 55.9. The Kier molecular flexibility index (Phi) is 21.1. The minimum atomic E-state index is -2.04. The highest BCUT2D eigenvalue weighted by Crippen LogP contribution is 2.36. The molecule has 5 fully saturated rings. The molecular formula is C44H74N2O30. The Hall–Kier alpha value is -1.80. The number of hydrogen-bond acceptors (Lipinski definition) is 32. The van der Waals surface area contributed by atoms with Gasteiger partial charge in [-0.05, 0) is 25.0 Å². The number of nitrogens with one attached hydrogen (secondary N) is 2. The van der Waals surface area contributed by atoms with Crippen molar-refractivity contribution >= 4 is 0 Å². The summed E-state index contributed by atoms with van der Waals surface area (Å²) in [4.78, 5) is 0. The maximum atomic E-state index is 11.4. The summed E-state index contributed by atoms with van der Waals surface area (Å²) >= 11 is 0. The molecule has 5 heterocycles. The number of hydrogen-bond donors (Lipinski definition) is 23. The summed E-state index contributed by atoms with van der Waals surface area (Å²) in [5, 5.41) is 229.